The molecule has 3 aliphatic rings. The number of rotatable bonds is 2. The second-order valence-corrected chi connectivity index (χ2v) is 7.82. The Morgan fingerprint density at radius 3 is 2.84 bits per heavy atom. The third-order valence-electron chi connectivity index (χ3n) is 6.13. The number of nitrogens with one attached hydrogen (secondary N) is 3. The largest absolute Gasteiger partial charge is 0.340 e. The Morgan fingerprint density at radius 2 is 2.04 bits per heavy atom. The van der Waals surface area contributed by atoms with Crippen molar-refractivity contribution in [3.05, 3.63) is 35.9 Å². The molecule has 5 nitrogen and oxygen atoms in total. The zero-order valence-corrected chi connectivity index (χ0v) is 15.6. The lowest BCUT2D eigenvalue weighted by molar-refractivity contribution is -0.136. The summed E-state index contributed by atoms with van der Waals surface area (Å²) in [6, 6.07) is 11.0. The molecule has 6 heteroatoms. The number of hydrazine groups is 1. The number of nitrogens with zero attached hydrogens (tertiary/aromatic N) is 1. The predicted octanol–water partition coefficient (Wildman–Crippen LogP) is 1.44. The molecule has 3 heterocycles. The first kappa shape index (κ1) is 18.6. The van der Waals surface area contributed by atoms with Crippen molar-refractivity contribution in [2.75, 3.05) is 26.2 Å². The summed E-state index contributed by atoms with van der Waals surface area (Å²) in [5.41, 5.74) is 8.03. The van der Waals surface area contributed by atoms with Gasteiger partial charge in [0.15, 0.2) is 0 Å². The highest BCUT2D eigenvalue weighted by molar-refractivity contribution is 5.85. The van der Waals surface area contributed by atoms with Crippen LogP contribution in [0, 0.1) is 5.92 Å². The second kappa shape index (κ2) is 7.62. The Bertz CT molecular complexity index is 598. The maximum Gasteiger partial charge on any atom is 0.241 e. The Labute approximate surface area is 156 Å². The van der Waals surface area contributed by atoms with E-state index in [1.807, 2.05) is 0 Å². The molecule has 3 saturated heterocycles. The van der Waals surface area contributed by atoms with Crippen LogP contribution in [0.5, 0.6) is 0 Å². The van der Waals surface area contributed by atoms with E-state index in [4.69, 9.17) is 0 Å². The fourth-order valence-electron chi connectivity index (χ4n) is 4.66. The zero-order valence-electron chi connectivity index (χ0n) is 14.8. The zero-order chi connectivity index (χ0) is 16.6. The van der Waals surface area contributed by atoms with Crippen molar-refractivity contribution < 1.29 is 4.79 Å². The van der Waals surface area contributed by atoms with E-state index >= 15 is 0 Å². The van der Waals surface area contributed by atoms with Crippen LogP contribution in [0.25, 0.3) is 0 Å². The molecule has 1 aromatic rings. The summed E-state index contributed by atoms with van der Waals surface area (Å²) in [5.74, 6) is 0.622. The highest BCUT2D eigenvalue weighted by Crippen LogP contribution is 2.34. The smallest absolute Gasteiger partial charge is 0.241 e. The number of amides is 1. The van der Waals surface area contributed by atoms with E-state index in [1.165, 1.54) is 5.56 Å². The average Bonchev–Trinajstić information content (AvgIpc) is 3.06. The van der Waals surface area contributed by atoms with E-state index in [-0.39, 0.29) is 29.8 Å². The van der Waals surface area contributed by atoms with Gasteiger partial charge in [0.2, 0.25) is 5.91 Å². The molecule has 0 aromatic heterocycles. The molecule has 4 rings (SSSR count). The Balaban J connectivity index is 0.00000182. The summed E-state index contributed by atoms with van der Waals surface area (Å²) in [4.78, 5) is 15.3. The van der Waals surface area contributed by atoms with Gasteiger partial charge in [0.25, 0.3) is 0 Å². The molecule has 0 saturated carbocycles. The number of carbonyl (C=O) groups excluding carboxylic acids is 1. The summed E-state index contributed by atoms with van der Waals surface area (Å²) in [7, 11) is 0. The Morgan fingerprint density at radius 1 is 1.24 bits per heavy atom. The van der Waals surface area contributed by atoms with Crippen molar-refractivity contribution in [3.8, 4) is 0 Å². The van der Waals surface area contributed by atoms with Gasteiger partial charge >= 0.3 is 0 Å². The first-order valence-corrected chi connectivity index (χ1v) is 9.23. The van der Waals surface area contributed by atoms with Crippen LogP contribution in [0.4, 0.5) is 0 Å². The molecule has 138 valence electrons. The summed E-state index contributed by atoms with van der Waals surface area (Å²) < 4.78 is 0. The first-order valence-electron chi connectivity index (χ1n) is 9.23. The van der Waals surface area contributed by atoms with Crippen LogP contribution in [0.2, 0.25) is 0 Å². The van der Waals surface area contributed by atoms with E-state index in [9.17, 15) is 4.79 Å². The minimum absolute atomic E-state index is 0. The number of benzene rings is 1. The third kappa shape index (κ3) is 3.56. The second-order valence-electron chi connectivity index (χ2n) is 7.82. The molecule has 25 heavy (non-hydrogen) atoms. The monoisotopic (exact) mass is 364 g/mol. The quantitative estimate of drug-likeness (QED) is 0.743. The Hall–Kier alpha value is -1.14. The van der Waals surface area contributed by atoms with Gasteiger partial charge in [0, 0.05) is 37.0 Å². The molecule has 0 spiro atoms. The minimum atomic E-state index is -0.0964. The van der Waals surface area contributed by atoms with Crippen molar-refractivity contribution in [2.45, 2.75) is 43.7 Å². The van der Waals surface area contributed by atoms with Gasteiger partial charge in [-0.3, -0.25) is 10.2 Å². The van der Waals surface area contributed by atoms with E-state index in [0.29, 0.717) is 12.0 Å². The molecule has 4 atom stereocenters. The van der Waals surface area contributed by atoms with Gasteiger partial charge in [-0.15, -0.1) is 12.4 Å². The van der Waals surface area contributed by atoms with Gasteiger partial charge in [-0.25, -0.2) is 5.43 Å². The summed E-state index contributed by atoms with van der Waals surface area (Å²) in [5, 5.41) is 3.44. The van der Waals surface area contributed by atoms with Crippen LogP contribution in [-0.4, -0.2) is 49.1 Å². The van der Waals surface area contributed by atoms with E-state index in [2.05, 4.69) is 58.3 Å². The predicted molar refractivity (Wildman–Crippen MR) is 102 cm³/mol. The molecule has 0 radical (unpaired) electrons. The van der Waals surface area contributed by atoms with Gasteiger partial charge < -0.3 is 10.2 Å². The van der Waals surface area contributed by atoms with Crippen LogP contribution in [0.15, 0.2) is 30.3 Å². The number of halogens is 1. The SMILES string of the molecule is CC1(c2ccccc2)CCCN(C(=O)C2NNC3CCNCC32)C1.Cl. The standard InChI is InChI=1S/C19H28N4O.ClH/c1-19(14-6-3-2-4-7-14)9-5-11-23(13-19)18(24)17-15-12-20-10-8-16(15)21-22-17;/h2-4,6-7,15-17,20-22H,5,8-13H2,1H3;1H. The summed E-state index contributed by atoms with van der Waals surface area (Å²) >= 11 is 0. The fraction of sp³-hybridized carbons (Fsp3) is 0.632. The van der Waals surface area contributed by atoms with Crippen molar-refractivity contribution in [2.24, 2.45) is 5.92 Å². The lowest BCUT2D eigenvalue weighted by atomic mass is 9.75. The lowest BCUT2D eigenvalue weighted by Gasteiger charge is -2.42. The number of likely N-dealkylation sites (tertiary alicyclic amines) is 1. The normalized spacial score (nSPS) is 34.9. The number of carbonyl (C=O) groups is 1. The third-order valence-corrected chi connectivity index (χ3v) is 6.13. The number of fused-ring (bicyclic) bond motifs is 1. The summed E-state index contributed by atoms with van der Waals surface area (Å²) in [6.45, 7) is 5.95. The van der Waals surface area contributed by atoms with E-state index in [1.54, 1.807) is 0 Å². The van der Waals surface area contributed by atoms with Crippen molar-refractivity contribution >= 4 is 18.3 Å². The van der Waals surface area contributed by atoms with Crippen LogP contribution in [0.1, 0.15) is 31.7 Å². The number of hydrogen-bond donors (Lipinski definition) is 3. The number of piperidine rings is 2. The van der Waals surface area contributed by atoms with Crippen LogP contribution < -0.4 is 16.2 Å². The molecule has 3 fully saturated rings. The molecule has 1 aromatic carbocycles. The van der Waals surface area contributed by atoms with E-state index < -0.39 is 0 Å². The maximum atomic E-state index is 13.2. The summed E-state index contributed by atoms with van der Waals surface area (Å²) in [6.07, 6.45) is 3.30. The molecule has 0 aliphatic carbocycles. The van der Waals surface area contributed by atoms with Crippen molar-refractivity contribution in [1.29, 1.82) is 0 Å². The van der Waals surface area contributed by atoms with Gasteiger partial charge in [-0.05, 0) is 31.4 Å². The highest BCUT2D eigenvalue weighted by atomic mass is 35.5. The van der Waals surface area contributed by atoms with Gasteiger partial charge in [0.05, 0.1) is 0 Å². The lowest BCUT2D eigenvalue weighted by Crippen LogP contribution is -2.55. The fourth-order valence-corrected chi connectivity index (χ4v) is 4.66. The highest BCUT2D eigenvalue weighted by Gasteiger charge is 2.44. The van der Waals surface area contributed by atoms with Gasteiger partial charge in [0.1, 0.15) is 6.04 Å². The van der Waals surface area contributed by atoms with Gasteiger partial charge in [-0.1, -0.05) is 37.3 Å². The molecule has 3 aliphatic heterocycles. The van der Waals surface area contributed by atoms with Crippen LogP contribution in [0.3, 0.4) is 0 Å². The van der Waals surface area contributed by atoms with Gasteiger partial charge in [-0.2, -0.15) is 0 Å². The number of hydrogen-bond acceptors (Lipinski definition) is 4. The molecule has 4 unspecified atom stereocenters. The molecule has 0 bridgehead atoms. The maximum absolute atomic E-state index is 13.2. The van der Waals surface area contributed by atoms with Crippen molar-refractivity contribution in [3.63, 3.8) is 0 Å². The van der Waals surface area contributed by atoms with E-state index in [0.717, 1.165) is 45.4 Å². The van der Waals surface area contributed by atoms with Crippen LogP contribution >= 0.6 is 12.4 Å². The molecule has 1 amide bonds. The Kier molecular flexibility index (Phi) is 5.68. The minimum Gasteiger partial charge on any atom is -0.340 e. The first-order chi connectivity index (χ1) is 11.7. The topological polar surface area (TPSA) is 56.4 Å². The van der Waals surface area contributed by atoms with Crippen LogP contribution in [-0.2, 0) is 10.2 Å². The molecular formula is C19H29ClN4O. The molecule has 3 N–H and O–H groups in total. The van der Waals surface area contributed by atoms with Crippen molar-refractivity contribution in [1.82, 2.24) is 21.1 Å². The average molecular weight is 365 g/mol. The molecular weight excluding hydrogens is 336 g/mol.